The maximum absolute atomic E-state index is 13.6. The molecule has 2 aromatic rings. The lowest BCUT2D eigenvalue weighted by atomic mass is 9.97. The lowest BCUT2D eigenvalue weighted by Gasteiger charge is -2.15. The van der Waals surface area contributed by atoms with Gasteiger partial charge in [-0.05, 0) is 48.2 Å². The number of aryl methyl sites for hydroxylation is 2. The molecule has 2 rings (SSSR count). The number of methoxy groups -OCH3 is 1. The number of ether oxygens (including phenoxy) is 1. The Balaban J connectivity index is 2.37. The Bertz CT molecular complexity index is 595. The average molecular weight is 259 g/mol. The number of hydrogen-bond acceptors (Lipinski definition) is 2. The second kappa shape index (κ2) is 5.41. The molecule has 0 bridgehead atoms. The van der Waals surface area contributed by atoms with Gasteiger partial charge < -0.3 is 10.5 Å². The zero-order valence-electron chi connectivity index (χ0n) is 11.4. The van der Waals surface area contributed by atoms with Crippen LogP contribution in [-0.2, 0) is 0 Å². The van der Waals surface area contributed by atoms with Gasteiger partial charge in [0.1, 0.15) is 11.6 Å². The number of benzene rings is 2. The molecule has 0 heterocycles. The summed E-state index contributed by atoms with van der Waals surface area (Å²) in [6.45, 7) is 3.71. The van der Waals surface area contributed by atoms with E-state index in [0.29, 0.717) is 5.56 Å². The summed E-state index contributed by atoms with van der Waals surface area (Å²) in [7, 11) is 1.63. The van der Waals surface area contributed by atoms with Crippen LogP contribution in [0.25, 0.3) is 0 Å². The van der Waals surface area contributed by atoms with Crippen LogP contribution in [-0.4, -0.2) is 7.11 Å². The zero-order valence-corrected chi connectivity index (χ0v) is 11.4. The van der Waals surface area contributed by atoms with Crippen molar-refractivity contribution >= 4 is 0 Å². The minimum absolute atomic E-state index is 0.230. The largest absolute Gasteiger partial charge is 0.496 e. The minimum atomic E-state index is -0.357. The molecule has 0 aromatic heterocycles. The van der Waals surface area contributed by atoms with Gasteiger partial charge in [0.25, 0.3) is 0 Å². The molecule has 0 saturated heterocycles. The molecule has 19 heavy (non-hydrogen) atoms. The third-order valence-corrected chi connectivity index (χ3v) is 3.35. The van der Waals surface area contributed by atoms with E-state index in [0.717, 1.165) is 22.4 Å². The molecule has 0 aliphatic carbocycles. The minimum Gasteiger partial charge on any atom is -0.496 e. The van der Waals surface area contributed by atoms with E-state index in [4.69, 9.17) is 10.5 Å². The summed E-state index contributed by atoms with van der Waals surface area (Å²) in [5.41, 5.74) is 9.53. The van der Waals surface area contributed by atoms with Gasteiger partial charge in [0.2, 0.25) is 0 Å². The summed E-state index contributed by atoms with van der Waals surface area (Å²) in [6.07, 6.45) is 0. The molecule has 0 amide bonds. The van der Waals surface area contributed by atoms with Crippen LogP contribution in [0.2, 0.25) is 0 Å². The fourth-order valence-electron chi connectivity index (χ4n) is 2.03. The fourth-order valence-corrected chi connectivity index (χ4v) is 2.03. The summed E-state index contributed by atoms with van der Waals surface area (Å²) < 4.78 is 18.9. The van der Waals surface area contributed by atoms with Crippen molar-refractivity contribution in [1.82, 2.24) is 0 Å². The van der Waals surface area contributed by atoms with Crippen LogP contribution in [0.1, 0.15) is 28.3 Å². The van der Waals surface area contributed by atoms with Gasteiger partial charge in [0.05, 0.1) is 13.2 Å². The molecular formula is C16H18FNO. The number of hydrogen-bond donors (Lipinski definition) is 1. The summed E-state index contributed by atoms with van der Waals surface area (Å²) in [5.74, 6) is 0.563. The van der Waals surface area contributed by atoms with Crippen molar-refractivity contribution in [3.63, 3.8) is 0 Å². The predicted molar refractivity (Wildman–Crippen MR) is 74.9 cm³/mol. The molecule has 0 spiro atoms. The molecule has 0 radical (unpaired) electrons. The van der Waals surface area contributed by atoms with Crippen LogP contribution < -0.4 is 10.5 Å². The van der Waals surface area contributed by atoms with Crippen molar-refractivity contribution < 1.29 is 9.13 Å². The molecule has 3 heteroatoms. The van der Waals surface area contributed by atoms with E-state index in [-0.39, 0.29) is 11.9 Å². The van der Waals surface area contributed by atoms with Gasteiger partial charge in [-0.1, -0.05) is 24.3 Å². The van der Waals surface area contributed by atoms with Crippen molar-refractivity contribution in [2.24, 2.45) is 5.73 Å². The van der Waals surface area contributed by atoms with E-state index in [1.165, 1.54) is 6.07 Å². The van der Waals surface area contributed by atoms with Crippen molar-refractivity contribution in [2.45, 2.75) is 19.9 Å². The molecule has 100 valence electrons. The van der Waals surface area contributed by atoms with Gasteiger partial charge in [-0.3, -0.25) is 0 Å². The third-order valence-electron chi connectivity index (χ3n) is 3.35. The van der Waals surface area contributed by atoms with Crippen molar-refractivity contribution in [1.29, 1.82) is 0 Å². The zero-order chi connectivity index (χ0) is 14.0. The molecule has 1 atom stereocenters. The molecular weight excluding hydrogens is 241 g/mol. The second-order valence-corrected chi connectivity index (χ2v) is 4.72. The molecule has 0 fully saturated rings. The van der Waals surface area contributed by atoms with Gasteiger partial charge in [0.15, 0.2) is 0 Å². The SMILES string of the molecule is COc1cc(C(N)c2ccc(C)c(F)c2)ccc1C. The van der Waals surface area contributed by atoms with Crippen molar-refractivity contribution in [3.05, 3.63) is 64.5 Å². The van der Waals surface area contributed by atoms with Crippen LogP contribution in [0.4, 0.5) is 4.39 Å². The highest BCUT2D eigenvalue weighted by molar-refractivity contribution is 5.41. The number of nitrogens with two attached hydrogens (primary N) is 1. The Morgan fingerprint density at radius 1 is 1.00 bits per heavy atom. The molecule has 0 aliphatic rings. The quantitative estimate of drug-likeness (QED) is 0.915. The summed E-state index contributed by atoms with van der Waals surface area (Å²) in [5, 5.41) is 0. The lowest BCUT2D eigenvalue weighted by Crippen LogP contribution is -2.12. The Labute approximate surface area is 113 Å². The average Bonchev–Trinajstić information content (AvgIpc) is 2.41. The van der Waals surface area contributed by atoms with E-state index in [1.807, 2.05) is 31.2 Å². The van der Waals surface area contributed by atoms with E-state index in [2.05, 4.69) is 0 Å². The monoisotopic (exact) mass is 259 g/mol. The first-order valence-electron chi connectivity index (χ1n) is 6.19. The van der Waals surface area contributed by atoms with Crippen molar-refractivity contribution in [2.75, 3.05) is 7.11 Å². The van der Waals surface area contributed by atoms with Crippen LogP contribution in [0.3, 0.4) is 0 Å². The maximum Gasteiger partial charge on any atom is 0.126 e. The van der Waals surface area contributed by atoms with E-state index in [1.54, 1.807) is 20.1 Å². The van der Waals surface area contributed by atoms with E-state index in [9.17, 15) is 4.39 Å². The van der Waals surface area contributed by atoms with Gasteiger partial charge >= 0.3 is 0 Å². The normalized spacial score (nSPS) is 12.3. The van der Waals surface area contributed by atoms with Gasteiger partial charge in [0, 0.05) is 0 Å². The van der Waals surface area contributed by atoms with Gasteiger partial charge in [-0.15, -0.1) is 0 Å². The summed E-state index contributed by atoms with van der Waals surface area (Å²) in [6, 6.07) is 10.5. The van der Waals surface area contributed by atoms with Crippen LogP contribution in [0.5, 0.6) is 5.75 Å². The van der Waals surface area contributed by atoms with Crippen LogP contribution in [0.15, 0.2) is 36.4 Å². The lowest BCUT2D eigenvalue weighted by molar-refractivity contribution is 0.411. The van der Waals surface area contributed by atoms with Crippen LogP contribution in [0, 0.1) is 19.7 Å². The van der Waals surface area contributed by atoms with Crippen molar-refractivity contribution in [3.8, 4) is 5.75 Å². The highest BCUT2D eigenvalue weighted by Crippen LogP contribution is 2.26. The second-order valence-electron chi connectivity index (χ2n) is 4.72. The van der Waals surface area contributed by atoms with E-state index >= 15 is 0 Å². The Morgan fingerprint density at radius 2 is 1.58 bits per heavy atom. The third kappa shape index (κ3) is 2.76. The maximum atomic E-state index is 13.6. The first kappa shape index (κ1) is 13.6. The van der Waals surface area contributed by atoms with Gasteiger partial charge in [-0.2, -0.15) is 0 Å². The topological polar surface area (TPSA) is 35.2 Å². The van der Waals surface area contributed by atoms with Crippen LogP contribution >= 0.6 is 0 Å². The fraction of sp³-hybridized carbons (Fsp3) is 0.250. The Kier molecular flexibility index (Phi) is 3.86. The molecule has 2 nitrogen and oxygen atoms in total. The molecule has 2 aromatic carbocycles. The highest BCUT2D eigenvalue weighted by Gasteiger charge is 2.12. The summed E-state index contributed by atoms with van der Waals surface area (Å²) in [4.78, 5) is 0. The number of halogens is 1. The van der Waals surface area contributed by atoms with E-state index < -0.39 is 0 Å². The molecule has 2 N–H and O–H groups in total. The number of rotatable bonds is 3. The molecule has 0 saturated carbocycles. The first-order valence-corrected chi connectivity index (χ1v) is 6.19. The smallest absolute Gasteiger partial charge is 0.126 e. The Morgan fingerprint density at radius 3 is 2.16 bits per heavy atom. The molecule has 1 unspecified atom stereocenters. The summed E-state index contributed by atoms with van der Waals surface area (Å²) >= 11 is 0. The molecule has 0 aliphatic heterocycles. The predicted octanol–water partition coefficient (Wildman–Crippen LogP) is 3.50. The Hall–Kier alpha value is -1.87. The van der Waals surface area contributed by atoms with Gasteiger partial charge in [-0.25, -0.2) is 4.39 Å². The first-order chi connectivity index (χ1) is 9.02. The highest BCUT2D eigenvalue weighted by atomic mass is 19.1. The standard InChI is InChI=1S/C16H18FNO/c1-10-4-6-12(8-14(10)17)16(18)13-7-5-11(2)15(9-13)19-3/h4-9,16H,18H2,1-3H3.